The minimum atomic E-state index is 0.00791. The van der Waals surface area contributed by atoms with Crippen molar-refractivity contribution in [2.45, 2.75) is 0 Å². The summed E-state index contributed by atoms with van der Waals surface area (Å²) in [6.45, 7) is 0. The van der Waals surface area contributed by atoms with Gasteiger partial charge in [0.05, 0.1) is 10.7 Å². The van der Waals surface area contributed by atoms with E-state index in [1.165, 1.54) is 11.8 Å². The number of nitrogens with one attached hydrogen (secondary N) is 1. The molecule has 0 atom stereocenters. The van der Waals surface area contributed by atoms with Crippen LogP contribution in [-0.2, 0) is 0 Å². The van der Waals surface area contributed by atoms with E-state index in [9.17, 15) is 0 Å². The normalized spacial score (nSPS) is 9.00. The highest BCUT2D eigenvalue weighted by Gasteiger charge is 2.08. The molecule has 0 radical (unpaired) electrons. The Balaban J connectivity index is 3.14. The molecule has 0 fully saturated rings. The number of rotatable bonds is 3. The van der Waals surface area contributed by atoms with Gasteiger partial charge in [-0.2, -0.15) is 10.5 Å². The van der Waals surface area contributed by atoms with Crippen molar-refractivity contribution in [3.63, 3.8) is 0 Å². The third kappa shape index (κ3) is 3.57. The van der Waals surface area contributed by atoms with Gasteiger partial charge < -0.3 is 5.32 Å². The zero-order valence-corrected chi connectivity index (χ0v) is 11.1. The fraction of sp³-hybridized carbons (Fsp3) is 0.0909. The summed E-state index contributed by atoms with van der Waals surface area (Å²) in [5.41, 5.74) is 0.569. The zero-order valence-electron chi connectivity index (χ0n) is 8.79. The first kappa shape index (κ1) is 13.7. The van der Waals surface area contributed by atoms with Gasteiger partial charge in [-0.05, 0) is 24.5 Å². The summed E-state index contributed by atoms with van der Waals surface area (Å²) in [7, 11) is 0. The lowest BCUT2D eigenvalue weighted by Gasteiger charge is -2.10. The molecule has 0 saturated carbocycles. The van der Waals surface area contributed by atoms with Gasteiger partial charge in [-0.1, -0.05) is 23.2 Å². The standard InChI is InChI=1S/C11H7Cl2N3S/c1-17-11(7(5-14)6-15)16-10-4-8(12)2-3-9(10)13/h2-4,16H,1H3. The summed E-state index contributed by atoms with van der Waals surface area (Å²) in [6.07, 6.45) is 1.76. The molecular formula is C11H7Cl2N3S. The molecule has 0 aliphatic carbocycles. The van der Waals surface area contributed by atoms with Crippen molar-refractivity contribution >= 4 is 40.7 Å². The molecule has 0 unspecified atom stereocenters. The van der Waals surface area contributed by atoms with Gasteiger partial charge in [0.25, 0.3) is 0 Å². The molecule has 1 N–H and O–H groups in total. The molecule has 0 saturated heterocycles. The number of halogens is 2. The number of benzene rings is 1. The molecule has 0 bridgehead atoms. The first-order chi connectivity index (χ1) is 8.12. The third-order valence-electron chi connectivity index (χ3n) is 1.83. The van der Waals surface area contributed by atoms with Gasteiger partial charge in [-0.15, -0.1) is 11.8 Å². The van der Waals surface area contributed by atoms with Gasteiger partial charge in [-0.25, -0.2) is 0 Å². The SMILES string of the molecule is CSC(Nc1cc(Cl)ccc1Cl)=C(C#N)C#N. The van der Waals surface area contributed by atoms with Crippen LogP contribution in [0, 0.1) is 22.7 Å². The van der Waals surface area contributed by atoms with Crippen LogP contribution in [0.5, 0.6) is 0 Å². The van der Waals surface area contributed by atoms with E-state index in [2.05, 4.69) is 5.32 Å². The maximum atomic E-state index is 8.79. The second kappa shape index (κ2) is 6.42. The number of hydrogen-bond acceptors (Lipinski definition) is 4. The summed E-state index contributed by atoms with van der Waals surface area (Å²) in [5.74, 6) is 0. The number of thioether (sulfide) groups is 1. The van der Waals surface area contributed by atoms with Crippen LogP contribution in [0.3, 0.4) is 0 Å². The lowest BCUT2D eigenvalue weighted by molar-refractivity contribution is 1.43. The third-order valence-corrected chi connectivity index (χ3v) is 3.11. The average Bonchev–Trinajstić information content (AvgIpc) is 2.33. The number of hydrogen-bond donors (Lipinski definition) is 1. The lowest BCUT2D eigenvalue weighted by Crippen LogP contribution is -1.99. The number of allylic oxidation sites excluding steroid dienone is 1. The summed E-state index contributed by atoms with van der Waals surface area (Å²) in [5, 5.41) is 21.9. The van der Waals surface area contributed by atoms with Gasteiger partial charge in [0, 0.05) is 5.02 Å². The van der Waals surface area contributed by atoms with E-state index in [1.54, 1.807) is 24.5 Å². The average molecular weight is 284 g/mol. The molecule has 0 aliphatic heterocycles. The highest BCUT2D eigenvalue weighted by atomic mass is 35.5. The zero-order chi connectivity index (χ0) is 12.8. The number of anilines is 1. The smallest absolute Gasteiger partial charge is 0.159 e. The molecule has 0 amide bonds. The molecule has 0 spiro atoms. The second-order valence-corrected chi connectivity index (χ2v) is 4.54. The van der Waals surface area contributed by atoms with Crippen LogP contribution in [0.2, 0.25) is 10.0 Å². The molecule has 1 aromatic carbocycles. The lowest BCUT2D eigenvalue weighted by atomic mass is 10.3. The number of nitrogens with zero attached hydrogens (tertiary/aromatic N) is 2. The second-order valence-electron chi connectivity index (χ2n) is 2.88. The minimum Gasteiger partial charge on any atom is -0.347 e. The molecule has 1 aromatic rings. The van der Waals surface area contributed by atoms with E-state index in [1.807, 2.05) is 12.1 Å². The molecule has 6 heteroatoms. The fourth-order valence-electron chi connectivity index (χ4n) is 1.06. The van der Waals surface area contributed by atoms with Crippen LogP contribution in [0.15, 0.2) is 28.8 Å². The predicted octanol–water partition coefficient (Wildman–Crippen LogP) is 4.03. The maximum Gasteiger partial charge on any atom is 0.159 e. The van der Waals surface area contributed by atoms with Crippen LogP contribution in [0.4, 0.5) is 5.69 Å². The molecule has 86 valence electrons. The highest BCUT2D eigenvalue weighted by molar-refractivity contribution is 8.02. The van der Waals surface area contributed by atoms with Crippen molar-refractivity contribution in [2.75, 3.05) is 11.6 Å². The largest absolute Gasteiger partial charge is 0.347 e. The van der Waals surface area contributed by atoms with E-state index < -0.39 is 0 Å². The van der Waals surface area contributed by atoms with Crippen LogP contribution >= 0.6 is 35.0 Å². The first-order valence-electron chi connectivity index (χ1n) is 4.43. The maximum absolute atomic E-state index is 8.79. The van der Waals surface area contributed by atoms with Crippen LogP contribution in [0.1, 0.15) is 0 Å². The summed E-state index contributed by atoms with van der Waals surface area (Å²) in [4.78, 5) is 0. The van der Waals surface area contributed by atoms with Gasteiger partial charge in [-0.3, -0.25) is 0 Å². The van der Waals surface area contributed by atoms with E-state index in [0.29, 0.717) is 20.8 Å². The summed E-state index contributed by atoms with van der Waals surface area (Å²) >= 11 is 13.1. The first-order valence-corrected chi connectivity index (χ1v) is 6.41. The van der Waals surface area contributed by atoms with Crippen molar-refractivity contribution in [3.05, 3.63) is 38.8 Å². The Kier molecular flexibility index (Phi) is 5.18. The molecule has 0 heterocycles. The Morgan fingerprint density at radius 3 is 2.47 bits per heavy atom. The van der Waals surface area contributed by atoms with Gasteiger partial charge in [0.1, 0.15) is 17.2 Å². The summed E-state index contributed by atoms with van der Waals surface area (Å²) in [6, 6.07) is 8.57. The Hall–Kier alpha value is -1.33. The Morgan fingerprint density at radius 2 is 1.94 bits per heavy atom. The van der Waals surface area contributed by atoms with Gasteiger partial charge in [0.2, 0.25) is 0 Å². The van der Waals surface area contributed by atoms with Crippen molar-refractivity contribution in [1.29, 1.82) is 10.5 Å². The van der Waals surface area contributed by atoms with Crippen molar-refractivity contribution in [3.8, 4) is 12.1 Å². The van der Waals surface area contributed by atoms with E-state index in [4.69, 9.17) is 33.7 Å². The van der Waals surface area contributed by atoms with Crippen LogP contribution < -0.4 is 5.32 Å². The van der Waals surface area contributed by atoms with Crippen molar-refractivity contribution in [2.24, 2.45) is 0 Å². The van der Waals surface area contributed by atoms with Crippen LogP contribution in [-0.4, -0.2) is 6.26 Å². The van der Waals surface area contributed by atoms with Crippen molar-refractivity contribution in [1.82, 2.24) is 0 Å². The van der Waals surface area contributed by atoms with E-state index >= 15 is 0 Å². The molecule has 3 nitrogen and oxygen atoms in total. The number of nitriles is 2. The fourth-order valence-corrected chi connectivity index (χ4v) is 1.90. The molecule has 0 aromatic heterocycles. The monoisotopic (exact) mass is 283 g/mol. The predicted molar refractivity (Wildman–Crippen MR) is 71.9 cm³/mol. The minimum absolute atomic E-state index is 0.00791. The highest BCUT2D eigenvalue weighted by Crippen LogP contribution is 2.29. The van der Waals surface area contributed by atoms with Gasteiger partial charge in [0.15, 0.2) is 5.57 Å². The van der Waals surface area contributed by atoms with E-state index in [0.717, 1.165) is 0 Å². The molecular weight excluding hydrogens is 277 g/mol. The van der Waals surface area contributed by atoms with E-state index in [-0.39, 0.29) is 5.57 Å². The molecule has 0 aliphatic rings. The van der Waals surface area contributed by atoms with Gasteiger partial charge >= 0.3 is 0 Å². The molecule has 17 heavy (non-hydrogen) atoms. The van der Waals surface area contributed by atoms with Crippen LogP contribution in [0.25, 0.3) is 0 Å². The Labute approximate surface area is 114 Å². The molecule has 1 rings (SSSR count). The Morgan fingerprint density at radius 1 is 1.29 bits per heavy atom. The summed E-state index contributed by atoms with van der Waals surface area (Å²) < 4.78 is 0. The Bertz CT molecular complexity index is 525. The quantitative estimate of drug-likeness (QED) is 0.851. The van der Waals surface area contributed by atoms with Crippen molar-refractivity contribution < 1.29 is 0 Å². The topological polar surface area (TPSA) is 59.6 Å².